The highest BCUT2D eigenvalue weighted by molar-refractivity contribution is 5.45. The molecule has 0 saturated carbocycles. The first-order valence-corrected chi connectivity index (χ1v) is 11.7. The number of ether oxygens (including phenoxy) is 3. The van der Waals surface area contributed by atoms with Gasteiger partial charge in [-0.05, 0) is 96.5 Å². The van der Waals surface area contributed by atoms with Gasteiger partial charge in [0.1, 0.15) is 40.2 Å². The summed E-state index contributed by atoms with van der Waals surface area (Å²) in [4.78, 5) is 0. The highest BCUT2D eigenvalue weighted by atomic mass is 16.5. The Kier molecular flexibility index (Phi) is 7.85. The van der Waals surface area contributed by atoms with Gasteiger partial charge in [0.05, 0.1) is 14.2 Å². The Bertz CT molecular complexity index is 1310. The minimum Gasteiger partial charge on any atom is -0.508 e. The third kappa shape index (κ3) is 6.85. The van der Waals surface area contributed by atoms with E-state index in [1.165, 1.54) is 11.6 Å². The summed E-state index contributed by atoms with van der Waals surface area (Å²) in [6.07, 6.45) is 2.81. The van der Waals surface area contributed by atoms with Gasteiger partial charge in [-0.15, -0.1) is 0 Å². The number of hydrogen-bond acceptors (Lipinski definition) is 6. The van der Waals surface area contributed by atoms with Gasteiger partial charge in [0.2, 0.25) is 0 Å². The number of rotatable bonds is 10. The van der Waals surface area contributed by atoms with Crippen molar-refractivity contribution in [3.05, 3.63) is 101 Å². The lowest BCUT2D eigenvalue weighted by atomic mass is 10.0. The highest BCUT2D eigenvalue weighted by Gasteiger charge is 2.09. The summed E-state index contributed by atoms with van der Waals surface area (Å²) in [6, 6.07) is 23.4. The third-order valence-corrected chi connectivity index (χ3v) is 5.86. The van der Waals surface area contributed by atoms with Crippen LogP contribution in [-0.4, -0.2) is 29.5 Å². The zero-order valence-corrected chi connectivity index (χ0v) is 20.4. The molecule has 4 aromatic carbocycles. The van der Waals surface area contributed by atoms with Crippen LogP contribution in [0, 0.1) is 0 Å². The maximum atomic E-state index is 10.3. The van der Waals surface area contributed by atoms with Crippen LogP contribution in [0.2, 0.25) is 0 Å². The van der Waals surface area contributed by atoms with E-state index in [0.29, 0.717) is 30.1 Å². The van der Waals surface area contributed by atoms with E-state index in [2.05, 4.69) is 6.07 Å². The maximum Gasteiger partial charge on any atom is 0.131 e. The number of aromatic hydroxyl groups is 3. The number of phenols is 3. The van der Waals surface area contributed by atoms with Crippen LogP contribution in [0.3, 0.4) is 0 Å². The predicted molar refractivity (Wildman–Crippen MR) is 139 cm³/mol. The zero-order valence-electron chi connectivity index (χ0n) is 20.4. The minimum absolute atomic E-state index is 0.0187. The van der Waals surface area contributed by atoms with E-state index in [-0.39, 0.29) is 17.2 Å². The van der Waals surface area contributed by atoms with Crippen LogP contribution in [0.15, 0.2) is 78.9 Å². The van der Waals surface area contributed by atoms with E-state index in [9.17, 15) is 15.3 Å². The molecule has 0 aliphatic carbocycles. The molecule has 0 aromatic heterocycles. The number of benzene rings is 4. The Balaban J connectivity index is 1.48. The van der Waals surface area contributed by atoms with Crippen molar-refractivity contribution in [3.8, 4) is 40.2 Å². The summed E-state index contributed by atoms with van der Waals surface area (Å²) >= 11 is 0. The van der Waals surface area contributed by atoms with E-state index < -0.39 is 0 Å². The summed E-state index contributed by atoms with van der Waals surface area (Å²) in [5.74, 6) is 2.79. The summed E-state index contributed by atoms with van der Waals surface area (Å²) in [5, 5.41) is 29.7. The summed E-state index contributed by atoms with van der Waals surface area (Å²) in [7, 11) is 3.28. The molecular formula is C30H30O6. The fourth-order valence-corrected chi connectivity index (χ4v) is 4.14. The van der Waals surface area contributed by atoms with Crippen LogP contribution in [0.25, 0.3) is 0 Å². The molecule has 0 saturated heterocycles. The lowest BCUT2D eigenvalue weighted by molar-refractivity contribution is 0.407. The second-order valence-corrected chi connectivity index (χ2v) is 8.66. The van der Waals surface area contributed by atoms with Crippen molar-refractivity contribution in [2.45, 2.75) is 25.7 Å². The molecule has 0 aliphatic rings. The van der Waals surface area contributed by atoms with Gasteiger partial charge in [-0.1, -0.05) is 12.1 Å². The van der Waals surface area contributed by atoms with E-state index in [0.717, 1.165) is 35.3 Å². The first-order valence-electron chi connectivity index (χ1n) is 11.7. The molecule has 0 bridgehead atoms. The molecule has 36 heavy (non-hydrogen) atoms. The molecule has 0 fully saturated rings. The van der Waals surface area contributed by atoms with Gasteiger partial charge in [-0.25, -0.2) is 0 Å². The molecule has 0 heterocycles. The monoisotopic (exact) mass is 486 g/mol. The Morgan fingerprint density at radius 2 is 0.944 bits per heavy atom. The van der Waals surface area contributed by atoms with Gasteiger partial charge in [0.15, 0.2) is 0 Å². The van der Waals surface area contributed by atoms with Crippen molar-refractivity contribution in [2.75, 3.05) is 14.2 Å². The molecule has 6 heteroatoms. The molecular weight excluding hydrogens is 456 g/mol. The lowest BCUT2D eigenvalue weighted by Gasteiger charge is -2.13. The molecule has 0 amide bonds. The molecule has 186 valence electrons. The zero-order chi connectivity index (χ0) is 25.5. The molecule has 4 rings (SSSR count). The number of methoxy groups -OCH3 is 2. The number of phenolic OH excluding ortho intramolecular Hbond substituents is 3. The van der Waals surface area contributed by atoms with Gasteiger partial charge in [-0.2, -0.15) is 0 Å². The summed E-state index contributed by atoms with van der Waals surface area (Å²) in [6.45, 7) is 0. The summed E-state index contributed by atoms with van der Waals surface area (Å²) in [5.41, 5.74) is 3.91. The van der Waals surface area contributed by atoms with Crippen LogP contribution < -0.4 is 14.2 Å². The summed E-state index contributed by atoms with van der Waals surface area (Å²) < 4.78 is 16.9. The fraction of sp³-hybridized carbons (Fsp3) is 0.200. The standard InChI is InChI=1S/C30H30O6/c1-34-27-5-3-4-20(13-27)6-7-23-14-28(35-2)19-30(16-23)36-29-15-22(12-26(33)18-29)9-8-21-10-24(31)17-25(32)11-21/h3-5,10-19,31-33H,6-9H2,1-2H3. The Morgan fingerprint density at radius 3 is 1.58 bits per heavy atom. The van der Waals surface area contributed by atoms with Crippen molar-refractivity contribution in [2.24, 2.45) is 0 Å². The first-order chi connectivity index (χ1) is 17.4. The molecule has 0 spiro atoms. The normalized spacial score (nSPS) is 10.7. The number of hydrogen-bond donors (Lipinski definition) is 3. The fourth-order valence-electron chi connectivity index (χ4n) is 4.14. The van der Waals surface area contributed by atoms with Gasteiger partial charge < -0.3 is 29.5 Å². The molecule has 4 aromatic rings. The molecule has 0 radical (unpaired) electrons. The van der Waals surface area contributed by atoms with Crippen molar-refractivity contribution in [1.29, 1.82) is 0 Å². The average molecular weight is 487 g/mol. The lowest BCUT2D eigenvalue weighted by Crippen LogP contribution is -1.96. The van der Waals surface area contributed by atoms with E-state index in [4.69, 9.17) is 14.2 Å². The van der Waals surface area contributed by atoms with Gasteiger partial charge in [0.25, 0.3) is 0 Å². The van der Waals surface area contributed by atoms with Crippen LogP contribution >= 0.6 is 0 Å². The molecule has 0 unspecified atom stereocenters. The van der Waals surface area contributed by atoms with Gasteiger partial charge >= 0.3 is 0 Å². The maximum absolute atomic E-state index is 10.3. The Morgan fingerprint density at radius 1 is 0.472 bits per heavy atom. The molecule has 6 nitrogen and oxygen atoms in total. The van der Waals surface area contributed by atoms with E-state index in [1.807, 2.05) is 42.5 Å². The van der Waals surface area contributed by atoms with Gasteiger partial charge in [0, 0.05) is 18.2 Å². The minimum atomic E-state index is 0.0187. The van der Waals surface area contributed by atoms with Crippen molar-refractivity contribution >= 4 is 0 Å². The van der Waals surface area contributed by atoms with E-state index >= 15 is 0 Å². The van der Waals surface area contributed by atoms with Crippen molar-refractivity contribution in [1.82, 2.24) is 0 Å². The Hall–Kier alpha value is -4.32. The Labute approximate surface area is 211 Å². The number of aryl methyl sites for hydroxylation is 4. The average Bonchev–Trinajstić information content (AvgIpc) is 2.85. The van der Waals surface area contributed by atoms with Crippen LogP contribution in [0.4, 0.5) is 0 Å². The quantitative estimate of drug-likeness (QED) is 0.248. The van der Waals surface area contributed by atoms with Crippen molar-refractivity contribution < 1.29 is 29.5 Å². The molecule has 3 N–H and O–H groups in total. The first kappa shape index (κ1) is 24.8. The molecule has 0 atom stereocenters. The SMILES string of the molecule is COc1cccc(CCc2cc(OC)cc(Oc3cc(O)cc(CCc4cc(O)cc(O)c4)c3)c2)c1. The third-order valence-electron chi connectivity index (χ3n) is 5.86. The van der Waals surface area contributed by atoms with Gasteiger partial charge in [-0.3, -0.25) is 0 Å². The smallest absolute Gasteiger partial charge is 0.131 e. The second-order valence-electron chi connectivity index (χ2n) is 8.66. The van der Waals surface area contributed by atoms with Crippen molar-refractivity contribution in [3.63, 3.8) is 0 Å². The van der Waals surface area contributed by atoms with E-state index in [1.54, 1.807) is 38.5 Å². The topological polar surface area (TPSA) is 88.4 Å². The van der Waals surface area contributed by atoms with Crippen LogP contribution in [-0.2, 0) is 25.7 Å². The predicted octanol–water partition coefficient (Wildman–Crippen LogP) is 6.18. The largest absolute Gasteiger partial charge is 0.508 e. The van der Waals surface area contributed by atoms with Crippen LogP contribution in [0.1, 0.15) is 22.3 Å². The second kappa shape index (κ2) is 11.4. The highest BCUT2D eigenvalue weighted by Crippen LogP contribution is 2.31. The van der Waals surface area contributed by atoms with Crippen LogP contribution in [0.5, 0.6) is 40.2 Å². The molecule has 0 aliphatic heterocycles.